The van der Waals surface area contributed by atoms with Crippen LogP contribution in [0.3, 0.4) is 0 Å². The molecule has 19 heavy (non-hydrogen) atoms. The van der Waals surface area contributed by atoms with Crippen molar-refractivity contribution < 1.29 is 5.11 Å². The van der Waals surface area contributed by atoms with Crippen LogP contribution in [0.25, 0.3) is 0 Å². The Bertz CT molecular complexity index is 370. The van der Waals surface area contributed by atoms with Gasteiger partial charge in [-0.15, -0.1) is 0 Å². The second-order valence-electron chi connectivity index (χ2n) is 6.13. The molecule has 0 spiro atoms. The second-order valence-corrected chi connectivity index (χ2v) is 6.13. The zero-order valence-corrected chi connectivity index (χ0v) is 12.2. The molecule has 0 bridgehead atoms. The van der Waals surface area contributed by atoms with Crippen LogP contribution in [-0.4, -0.2) is 17.8 Å². The summed E-state index contributed by atoms with van der Waals surface area (Å²) in [6, 6.07) is 10.8. The first-order valence-electron chi connectivity index (χ1n) is 7.62. The SMILES string of the molecule is CCC1CCC(NC(C)(CO)c2ccccc2)CC1. The molecule has 0 amide bonds. The summed E-state index contributed by atoms with van der Waals surface area (Å²) in [6.45, 7) is 4.54. The minimum absolute atomic E-state index is 0.144. The fourth-order valence-electron chi connectivity index (χ4n) is 3.19. The normalized spacial score (nSPS) is 26.9. The highest BCUT2D eigenvalue weighted by atomic mass is 16.3. The molecule has 0 radical (unpaired) electrons. The summed E-state index contributed by atoms with van der Waals surface area (Å²) in [5.74, 6) is 0.912. The zero-order valence-electron chi connectivity index (χ0n) is 12.2. The molecule has 0 aliphatic heterocycles. The van der Waals surface area contributed by atoms with Gasteiger partial charge in [0.1, 0.15) is 0 Å². The maximum atomic E-state index is 9.81. The molecule has 0 heterocycles. The van der Waals surface area contributed by atoms with E-state index in [0.29, 0.717) is 6.04 Å². The van der Waals surface area contributed by atoms with E-state index >= 15 is 0 Å². The van der Waals surface area contributed by atoms with E-state index in [1.807, 2.05) is 18.2 Å². The summed E-state index contributed by atoms with van der Waals surface area (Å²) in [5.41, 5.74) is 0.862. The first-order valence-corrected chi connectivity index (χ1v) is 7.62. The van der Waals surface area contributed by atoms with Gasteiger partial charge in [0.05, 0.1) is 12.1 Å². The number of aliphatic hydroxyl groups excluding tert-OH is 1. The van der Waals surface area contributed by atoms with Crippen molar-refractivity contribution in [3.63, 3.8) is 0 Å². The van der Waals surface area contributed by atoms with Gasteiger partial charge in [-0.2, -0.15) is 0 Å². The Labute approximate surface area is 117 Å². The highest BCUT2D eigenvalue weighted by Gasteiger charge is 2.30. The number of benzene rings is 1. The topological polar surface area (TPSA) is 32.3 Å². The molecule has 2 nitrogen and oxygen atoms in total. The third-order valence-corrected chi connectivity index (χ3v) is 4.67. The monoisotopic (exact) mass is 261 g/mol. The first kappa shape index (κ1) is 14.5. The van der Waals surface area contributed by atoms with Crippen molar-refractivity contribution in [1.82, 2.24) is 5.32 Å². The average Bonchev–Trinajstić information content (AvgIpc) is 2.49. The molecular formula is C17H27NO. The van der Waals surface area contributed by atoms with Crippen LogP contribution in [-0.2, 0) is 5.54 Å². The molecule has 1 unspecified atom stereocenters. The van der Waals surface area contributed by atoms with E-state index in [0.717, 1.165) is 5.92 Å². The van der Waals surface area contributed by atoms with Gasteiger partial charge in [-0.25, -0.2) is 0 Å². The Kier molecular flexibility index (Phi) is 5.00. The fraction of sp³-hybridized carbons (Fsp3) is 0.647. The Morgan fingerprint density at radius 3 is 2.32 bits per heavy atom. The van der Waals surface area contributed by atoms with Crippen LogP contribution >= 0.6 is 0 Å². The number of hydrogen-bond donors (Lipinski definition) is 2. The lowest BCUT2D eigenvalue weighted by Crippen LogP contribution is -2.49. The average molecular weight is 261 g/mol. The number of rotatable bonds is 5. The van der Waals surface area contributed by atoms with Gasteiger partial charge in [0, 0.05) is 6.04 Å². The lowest BCUT2D eigenvalue weighted by molar-refractivity contribution is 0.143. The number of aliphatic hydroxyl groups is 1. The highest BCUT2D eigenvalue weighted by molar-refractivity contribution is 5.24. The molecule has 106 valence electrons. The van der Waals surface area contributed by atoms with E-state index in [-0.39, 0.29) is 12.1 Å². The van der Waals surface area contributed by atoms with E-state index in [9.17, 15) is 5.11 Å². The molecule has 1 aromatic rings. The molecule has 0 aromatic heterocycles. The van der Waals surface area contributed by atoms with Crippen molar-refractivity contribution in [1.29, 1.82) is 0 Å². The van der Waals surface area contributed by atoms with Gasteiger partial charge in [-0.3, -0.25) is 0 Å². The first-order chi connectivity index (χ1) is 9.18. The molecule has 1 saturated carbocycles. The van der Waals surface area contributed by atoms with Crippen LogP contribution in [0, 0.1) is 5.92 Å². The van der Waals surface area contributed by atoms with Crippen LogP contribution in [0.2, 0.25) is 0 Å². The minimum atomic E-state index is -0.315. The minimum Gasteiger partial charge on any atom is -0.394 e. The molecule has 1 aromatic carbocycles. The molecule has 2 heteroatoms. The Morgan fingerprint density at radius 1 is 1.16 bits per heavy atom. The molecular weight excluding hydrogens is 234 g/mol. The van der Waals surface area contributed by atoms with Gasteiger partial charge in [-0.1, -0.05) is 43.7 Å². The molecule has 1 atom stereocenters. The van der Waals surface area contributed by atoms with Gasteiger partial charge in [0.15, 0.2) is 0 Å². The Hall–Kier alpha value is -0.860. The number of hydrogen-bond acceptors (Lipinski definition) is 2. The zero-order chi connectivity index (χ0) is 13.7. The molecule has 1 aliphatic rings. The van der Waals surface area contributed by atoms with E-state index in [2.05, 4.69) is 31.3 Å². The van der Waals surface area contributed by atoms with Crippen molar-refractivity contribution in [3.8, 4) is 0 Å². The van der Waals surface area contributed by atoms with Crippen LogP contribution in [0.4, 0.5) is 0 Å². The predicted octanol–water partition coefficient (Wildman–Crippen LogP) is 3.45. The summed E-state index contributed by atoms with van der Waals surface area (Å²) in [4.78, 5) is 0. The molecule has 1 fully saturated rings. The van der Waals surface area contributed by atoms with Crippen LogP contribution in [0.15, 0.2) is 30.3 Å². The third-order valence-electron chi connectivity index (χ3n) is 4.67. The Morgan fingerprint density at radius 2 is 1.79 bits per heavy atom. The van der Waals surface area contributed by atoms with Crippen LogP contribution < -0.4 is 5.32 Å². The van der Waals surface area contributed by atoms with Gasteiger partial charge in [0.2, 0.25) is 0 Å². The fourth-order valence-corrected chi connectivity index (χ4v) is 3.19. The summed E-state index contributed by atoms with van der Waals surface area (Å²) in [5, 5.41) is 13.5. The summed E-state index contributed by atoms with van der Waals surface area (Å²) < 4.78 is 0. The Balaban J connectivity index is 2.00. The second kappa shape index (κ2) is 6.53. The maximum Gasteiger partial charge on any atom is 0.0652 e. The maximum absolute atomic E-state index is 9.81. The van der Waals surface area contributed by atoms with E-state index in [1.54, 1.807) is 0 Å². The summed E-state index contributed by atoms with van der Waals surface area (Å²) in [7, 11) is 0. The summed E-state index contributed by atoms with van der Waals surface area (Å²) in [6.07, 6.45) is 6.43. The van der Waals surface area contributed by atoms with E-state index in [4.69, 9.17) is 0 Å². The van der Waals surface area contributed by atoms with Crippen molar-refractivity contribution in [2.45, 2.75) is 57.5 Å². The standard InChI is InChI=1S/C17H27NO/c1-3-14-9-11-16(12-10-14)18-17(2,13-19)15-7-5-4-6-8-15/h4-8,14,16,18-19H,3,9-13H2,1-2H3. The molecule has 1 aliphatic carbocycles. The van der Waals surface area contributed by atoms with Crippen molar-refractivity contribution >= 4 is 0 Å². The molecule has 0 saturated heterocycles. The van der Waals surface area contributed by atoms with Crippen molar-refractivity contribution in [3.05, 3.63) is 35.9 Å². The number of nitrogens with one attached hydrogen (secondary N) is 1. The van der Waals surface area contributed by atoms with Gasteiger partial charge < -0.3 is 10.4 Å². The van der Waals surface area contributed by atoms with Gasteiger partial charge >= 0.3 is 0 Å². The van der Waals surface area contributed by atoms with E-state index in [1.165, 1.54) is 37.7 Å². The van der Waals surface area contributed by atoms with Crippen molar-refractivity contribution in [2.75, 3.05) is 6.61 Å². The van der Waals surface area contributed by atoms with Crippen LogP contribution in [0.1, 0.15) is 51.5 Å². The lowest BCUT2D eigenvalue weighted by Gasteiger charge is -2.37. The van der Waals surface area contributed by atoms with E-state index < -0.39 is 0 Å². The van der Waals surface area contributed by atoms with Crippen molar-refractivity contribution in [2.24, 2.45) is 5.92 Å². The largest absolute Gasteiger partial charge is 0.394 e. The third kappa shape index (κ3) is 3.58. The summed E-state index contributed by atoms with van der Waals surface area (Å²) >= 11 is 0. The molecule has 2 N–H and O–H groups in total. The quantitative estimate of drug-likeness (QED) is 0.851. The predicted molar refractivity (Wildman–Crippen MR) is 80.1 cm³/mol. The van der Waals surface area contributed by atoms with Gasteiger partial charge in [-0.05, 0) is 44.1 Å². The highest BCUT2D eigenvalue weighted by Crippen LogP contribution is 2.29. The van der Waals surface area contributed by atoms with Gasteiger partial charge in [0.25, 0.3) is 0 Å². The smallest absolute Gasteiger partial charge is 0.0652 e. The lowest BCUT2D eigenvalue weighted by atomic mass is 9.82. The van der Waals surface area contributed by atoms with Crippen LogP contribution in [0.5, 0.6) is 0 Å². The molecule has 2 rings (SSSR count).